The molecule has 0 amide bonds. The summed E-state index contributed by atoms with van der Waals surface area (Å²) >= 11 is 0. The molecule has 1 atom stereocenters. The van der Waals surface area contributed by atoms with Gasteiger partial charge in [0.1, 0.15) is 0 Å². The summed E-state index contributed by atoms with van der Waals surface area (Å²) in [7, 11) is 0. The normalized spacial score (nSPS) is 24.6. The lowest BCUT2D eigenvalue weighted by Crippen LogP contribution is -2.18. The van der Waals surface area contributed by atoms with E-state index >= 15 is 0 Å². The van der Waals surface area contributed by atoms with Crippen molar-refractivity contribution in [3.05, 3.63) is 29.3 Å². The van der Waals surface area contributed by atoms with Crippen LogP contribution in [-0.4, -0.2) is 13.1 Å². The third kappa shape index (κ3) is 1.53. The summed E-state index contributed by atoms with van der Waals surface area (Å²) < 4.78 is 0. The number of nitrogens with zero attached hydrogens (tertiary/aromatic N) is 1. The van der Waals surface area contributed by atoms with E-state index in [1.165, 1.54) is 42.7 Å². The molecule has 0 spiro atoms. The molecular formula is C13H18N2. The molecule has 1 aromatic carbocycles. The smallest absolute Gasteiger partial charge is 0.0369 e. The number of rotatable bonds is 1. The van der Waals surface area contributed by atoms with Crippen molar-refractivity contribution >= 4 is 5.69 Å². The van der Waals surface area contributed by atoms with Crippen molar-refractivity contribution in [2.24, 2.45) is 5.73 Å². The summed E-state index contributed by atoms with van der Waals surface area (Å²) in [4.78, 5) is 2.48. The first-order valence-corrected chi connectivity index (χ1v) is 5.98. The van der Waals surface area contributed by atoms with Gasteiger partial charge in [-0.1, -0.05) is 6.07 Å². The van der Waals surface area contributed by atoms with Crippen molar-refractivity contribution in [3.8, 4) is 0 Å². The van der Waals surface area contributed by atoms with Crippen LogP contribution in [0.2, 0.25) is 0 Å². The Labute approximate surface area is 91.1 Å². The van der Waals surface area contributed by atoms with Crippen LogP contribution >= 0.6 is 0 Å². The summed E-state index contributed by atoms with van der Waals surface area (Å²) in [6.45, 7) is 2.43. The second-order valence-corrected chi connectivity index (χ2v) is 4.72. The fraction of sp³-hybridized carbons (Fsp3) is 0.538. The second-order valence-electron chi connectivity index (χ2n) is 4.72. The van der Waals surface area contributed by atoms with E-state index in [9.17, 15) is 0 Å². The van der Waals surface area contributed by atoms with Crippen LogP contribution in [0.15, 0.2) is 18.2 Å². The average molecular weight is 202 g/mol. The van der Waals surface area contributed by atoms with Crippen LogP contribution in [0.25, 0.3) is 0 Å². The summed E-state index contributed by atoms with van der Waals surface area (Å²) in [5.41, 5.74) is 10.3. The van der Waals surface area contributed by atoms with Gasteiger partial charge < -0.3 is 10.6 Å². The van der Waals surface area contributed by atoms with Gasteiger partial charge in [0.25, 0.3) is 0 Å². The van der Waals surface area contributed by atoms with Gasteiger partial charge in [-0.25, -0.2) is 0 Å². The number of nitrogens with two attached hydrogens (primary N) is 1. The lowest BCUT2D eigenvalue weighted by atomic mass is 10.1. The predicted octanol–water partition coefficient (Wildman–Crippen LogP) is 2.23. The van der Waals surface area contributed by atoms with Crippen LogP contribution in [0.5, 0.6) is 0 Å². The van der Waals surface area contributed by atoms with Crippen LogP contribution in [0, 0.1) is 0 Å². The van der Waals surface area contributed by atoms with E-state index in [2.05, 4.69) is 23.1 Å². The molecule has 2 nitrogen and oxygen atoms in total. The Hall–Kier alpha value is -1.02. The predicted molar refractivity (Wildman–Crippen MR) is 63.1 cm³/mol. The third-order valence-electron chi connectivity index (χ3n) is 3.72. The van der Waals surface area contributed by atoms with Crippen molar-refractivity contribution < 1.29 is 0 Å². The first-order chi connectivity index (χ1) is 7.34. The highest BCUT2D eigenvalue weighted by Gasteiger charge is 2.21. The van der Waals surface area contributed by atoms with Gasteiger partial charge in [0, 0.05) is 24.8 Å². The highest BCUT2D eigenvalue weighted by molar-refractivity contribution is 5.53. The van der Waals surface area contributed by atoms with Crippen LogP contribution < -0.4 is 10.6 Å². The van der Waals surface area contributed by atoms with Crippen molar-refractivity contribution in [3.63, 3.8) is 0 Å². The number of benzene rings is 1. The molecule has 1 aliphatic carbocycles. The van der Waals surface area contributed by atoms with Crippen LogP contribution in [0.3, 0.4) is 0 Å². The van der Waals surface area contributed by atoms with E-state index < -0.39 is 0 Å². The highest BCUT2D eigenvalue weighted by Crippen LogP contribution is 2.33. The Morgan fingerprint density at radius 2 is 2.00 bits per heavy atom. The van der Waals surface area contributed by atoms with Crippen molar-refractivity contribution in [1.29, 1.82) is 0 Å². The molecule has 3 rings (SSSR count). The van der Waals surface area contributed by atoms with Gasteiger partial charge in [-0.05, 0) is 48.9 Å². The number of anilines is 1. The molecule has 1 fully saturated rings. The molecular weight excluding hydrogens is 184 g/mol. The van der Waals surface area contributed by atoms with E-state index in [-0.39, 0.29) is 6.04 Å². The number of aryl methyl sites for hydroxylation is 1. The van der Waals surface area contributed by atoms with Crippen LogP contribution in [-0.2, 0) is 6.42 Å². The number of hydrogen-bond acceptors (Lipinski definition) is 2. The van der Waals surface area contributed by atoms with E-state index in [0.29, 0.717) is 0 Å². The molecule has 0 aromatic heterocycles. The zero-order valence-electron chi connectivity index (χ0n) is 9.08. The van der Waals surface area contributed by atoms with E-state index in [1.54, 1.807) is 0 Å². The number of fused-ring (bicyclic) bond motifs is 1. The minimum Gasteiger partial charge on any atom is -0.372 e. The maximum absolute atomic E-state index is 6.10. The summed E-state index contributed by atoms with van der Waals surface area (Å²) in [5.74, 6) is 0. The monoisotopic (exact) mass is 202 g/mol. The van der Waals surface area contributed by atoms with Crippen molar-refractivity contribution in [1.82, 2.24) is 0 Å². The fourth-order valence-corrected chi connectivity index (χ4v) is 2.79. The maximum atomic E-state index is 6.10. The SMILES string of the molecule is NC1CCc2ccc(N3CCCC3)cc21. The molecule has 80 valence electrons. The molecule has 0 radical (unpaired) electrons. The standard InChI is InChI=1S/C13H18N2/c14-13-6-4-10-3-5-11(9-12(10)13)15-7-1-2-8-15/h3,5,9,13H,1-2,4,6-8,14H2. The van der Waals surface area contributed by atoms with E-state index in [4.69, 9.17) is 5.73 Å². The minimum atomic E-state index is 0.280. The molecule has 1 saturated heterocycles. The van der Waals surface area contributed by atoms with Gasteiger partial charge in [-0.15, -0.1) is 0 Å². The first kappa shape index (κ1) is 9.22. The molecule has 0 saturated carbocycles. The van der Waals surface area contributed by atoms with Gasteiger partial charge in [-0.3, -0.25) is 0 Å². The van der Waals surface area contributed by atoms with Crippen molar-refractivity contribution in [2.45, 2.75) is 31.7 Å². The molecule has 1 heterocycles. The Kier molecular flexibility index (Phi) is 2.17. The summed E-state index contributed by atoms with van der Waals surface area (Å²) in [5, 5.41) is 0. The zero-order chi connectivity index (χ0) is 10.3. The molecule has 1 unspecified atom stereocenters. The average Bonchev–Trinajstić information content (AvgIpc) is 2.88. The molecule has 1 aliphatic heterocycles. The Morgan fingerprint density at radius 1 is 1.20 bits per heavy atom. The zero-order valence-corrected chi connectivity index (χ0v) is 9.08. The Bertz CT molecular complexity index is 367. The lowest BCUT2D eigenvalue weighted by molar-refractivity contribution is 0.713. The van der Waals surface area contributed by atoms with Crippen LogP contribution in [0.4, 0.5) is 5.69 Å². The van der Waals surface area contributed by atoms with E-state index in [1.807, 2.05) is 0 Å². The quantitative estimate of drug-likeness (QED) is 0.756. The molecule has 2 N–H and O–H groups in total. The first-order valence-electron chi connectivity index (χ1n) is 5.98. The van der Waals surface area contributed by atoms with E-state index in [0.717, 1.165) is 12.8 Å². The molecule has 0 bridgehead atoms. The van der Waals surface area contributed by atoms with Gasteiger partial charge in [0.15, 0.2) is 0 Å². The molecule has 2 heteroatoms. The summed E-state index contributed by atoms with van der Waals surface area (Å²) in [6.07, 6.45) is 4.96. The third-order valence-corrected chi connectivity index (χ3v) is 3.72. The lowest BCUT2D eigenvalue weighted by Gasteiger charge is -2.19. The van der Waals surface area contributed by atoms with Crippen LogP contribution in [0.1, 0.15) is 36.4 Å². The van der Waals surface area contributed by atoms with Gasteiger partial charge in [0.2, 0.25) is 0 Å². The highest BCUT2D eigenvalue weighted by atomic mass is 15.1. The Morgan fingerprint density at radius 3 is 2.80 bits per heavy atom. The second kappa shape index (κ2) is 3.53. The topological polar surface area (TPSA) is 29.3 Å². The number of hydrogen-bond donors (Lipinski definition) is 1. The summed E-state index contributed by atoms with van der Waals surface area (Å²) in [6, 6.07) is 7.14. The molecule has 1 aromatic rings. The molecule has 15 heavy (non-hydrogen) atoms. The van der Waals surface area contributed by atoms with Gasteiger partial charge >= 0.3 is 0 Å². The molecule has 2 aliphatic rings. The Balaban J connectivity index is 1.94. The van der Waals surface area contributed by atoms with Gasteiger partial charge in [0.05, 0.1) is 0 Å². The van der Waals surface area contributed by atoms with Gasteiger partial charge in [-0.2, -0.15) is 0 Å². The fourth-order valence-electron chi connectivity index (χ4n) is 2.79. The largest absolute Gasteiger partial charge is 0.372 e. The minimum absolute atomic E-state index is 0.280. The maximum Gasteiger partial charge on any atom is 0.0369 e. The van der Waals surface area contributed by atoms with Crippen molar-refractivity contribution in [2.75, 3.05) is 18.0 Å².